The molecule has 0 aromatic heterocycles. The van der Waals surface area contributed by atoms with E-state index < -0.39 is 0 Å². The zero-order chi connectivity index (χ0) is 20.1. The molecule has 0 spiro atoms. The van der Waals surface area contributed by atoms with Crippen molar-refractivity contribution in [3.8, 4) is 0 Å². The van der Waals surface area contributed by atoms with Gasteiger partial charge in [0.25, 0.3) is 0 Å². The zero-order valence-corrected chi connectivity index (χ0v) is 18.0. The summed E-state index contributed by atoms with van der Waals surface area (Å²) in [6.07, 6.45) is 6.85. The Morgan fingerprint density at radius 3 is 2.62 bits per heavy atom. The highest BCUT2D eigenvalue weighted by Gasteiger charge is 2.29. The predicted octanol–water partition coefficient (Wildman–Crippen LogP) is 3.31. The van der Waals surface area contributed by atoms with Crippen LogP contribution in [0.15, 0.2) is 24.3 Å². The number of anilines is 1. The molecule has 0 radical (unpaired) electrons. The largest absolute Gasteiger partial charge is 0.378 e. The summed E-state index contributed by atoms with van der Waals surface area (Å²) >= 11 is 0. The molecule has 4 rings (SSSR count). The van der Waals surface area contributed by atoms with Crippen LogP contribution in [0.25, 0.3) is 0 Å². The van der Waals surface area contributed by atoms with Gasteiger partial charge in [-0.05, 0) is 69.2 Å². The van der Waals surface area contributed by atoms with Gasteiger partial charge < -0.3 is 14.5 Å². The molecule has 3 fully saturated rings. The van der Waals surface area contributed by atoms with E-state index in [-0.39, 0.29) is 0 Å². The summed E-state index contributed by atoms with van der Waals surface area (Å²) in [5.41, 5.74) is 2.72. The second-order valence-corrected chi connectivity index (χ2v) is 9.09. The van der Waals surface area contributed by atoms with E-state index in [2.05, 4.69) is 41.0 Å². The minimum absolute atomic E-state index is 0.330. The summed E-state index contributed by atoms with van der Waals surface area (Å²) in [4.78, 5) is 19.7. The van der Waals surface area contributed by atoms with Gasteiger partial charge in [0.1, 0.15) is 0 Å². The summed E-state index contributed by atoms with van der Waals surface area (Å²) in [6.45, 7) is 9.86. The fraction of sp³-hybridized carbons (Fsp3) is 0.708. The number of ether oxygens (including phenoxy) is 1. The Kier molecular flexibility index (Phi) is 7.09. The standard InChI is InChI=1S/C24H37N3O2/c1-20-4-2-6-23(18-20)25-12-9-22(10-13-25)27-11-3-5-21(19-27)7-8-24(28)26-14-16-29-17-15-26/h2,4,6,18,21-22H,3,5,7-17,19H2,1H3. The van der Waals surface area contributed by atoms with Crippen LogP contribution in [-0.2, 0) is 9.53 Å². The Bertz CT molecular complexity index is 666. The third-order valence-corrected chi connectivity index (χ3v) is 7.03. The number of piperidine rings is 2. The number of nitrogens with zero attached hydrogens (tertiary/aromatic N) is 3. The fourth-order valence-corrected chi connectivity index (χ4v) is 5.28. The number of rotatable bonds is 5. The predicted molar refractivity (Wildman–Crippen MR) is 117 cm³/mol. The van der Waals surface area contributed by atoms with Crippen LogP contribution in [0.3, 0.4) is 0 Å². The summed E-state index contributed by atoms with van der Waals surface area (Å²) in [5.74, 6) is 1.01. The maximum Gasteiger partial charge on any atom is 0.222 e. The maximum absolute atomic E-state index is 12.5. The van der Waals surface area contributed by atoms with Gasteiger partial charge in [0.05, 0.1) is 13.2 Å². The first-order valence-corrected chi connectivity index (χ1v) is 11.6. The Balaban J connectivity index is 1.22. The molecule has 0 bridgehead atoms. The number of benzene rings is 1. The number of morpholine rings is 1. The normalized spacial score (nSPS) is 24.7. The number of aryl methyl sites for hydroxylation is 1. The minimum atomic E-state index is 0.330. The van der Waals surface area contributed by atoms with Crippen molar-refractivity contribution in [1.82, 2.24) is 9.80 Å². The number of hydrogen-bond acceptors (Lipinski definition) is 4. The van der Waals surface area contributed by atoms with Gasteiger partial charge in [-0.1, -0.05) is 12.1 Å². The fourth-order valence-electron chi connectivity index (χ4n) is 5.28. The van der Waals surface area contributed by atoms with Gasteiger partial charge in [0, 0.05) is 50.9 Å². The molecule has 29 heavy (non-hydrogen) atoms. The molecule has 1 atom stereocenters. The molecule has 1 aromatic rings. The van der Waals surface area contributed by atoms with Gasteiger partial charge in [-0.2, -0.15) is 0 Å². The van der Waals surface area contributed by atoms with Crippen LogP contribution in [0, 0.1) is 12.8 Å². The van der Waals surface area contributed by atoms with Crippen LogP contribution in [-0.4, -0.2) is 74.2 Å². The molecule has 3 heterocycles. The molecule has 3 saturated heterocycles. The van der Waals surface area contributed by atoms with Crippen molar-refractivity contribution in [2.45, 2.75) is 51.5 Å². The Labute approximate surface area is 176 Å². The molecule has 0 aliphatic carbocycles. The Morgan fingerprint density at radius 2 is 1.86 bits per heavy atom. The molecule has 160 valence electrons. The number of hydrogen-bond donors (Lipinski definition) is 0. The lowest BCUT2D eigenvalue weighted by atomic mass is 9.90. The quantitative estimate of drug-likeness (QED) is 0.761. The number of carbonyl (C=O) groups is 1. The Hall–Kier alpha value is -1.59. The van der Waals surface area contributed by atoms with Crippen LogP contribution in [0.2, 0.25) is 0 Å². The average Bonchev–Trinajstić information content (AvgIpc) is 2.78. The van der Waals surface area contributed by atoms with Crippen molar-refractivity contribution < 1.29 is 9.53 Å². The van der Waals surface area contributed by atoms with Crippen molar-refractivity contribution in [3.05, 3.63) is 29.8 Å². The highest BCUT2D eigenvalue weighted by atomic mass is 16.5. The van der Waals surface area contributed by atoms with E-state index in [1.165, 1.54) is 50.0 Å². The van der Waals surface area contributed by atoms with Gasteiger partial charge in [0.2, 0.25) is 5.91 Å². The topological polar surface area (TPSA) is 36.0 Å². The third kappa shape index (κ3) is 5.52. The minimum Gasteiger partial charge on any atom is -0.378 e. The third-order valence-electron chi connectivity index (χ3n) is 7.03. The van der Waals surface area contributed by atoms with Crippen LogP contribution in [0.4, 0.5) is 5.69 Å². The maximum atomic E-state index is 12.5. The first kappa shape index (κ1) is 20.7. The zero-order valence-electron chi connectivity index (χ0n) is 18.0. The van der Waals surface area contributed by atoms with Crippen molar-refractivity contribution in [1.29, 1.82) is 0 Å². The summed E-state index contributed by atoms with van der Waals surface area (Å²) in [7, 11) is 0. The molecule has 0 N–H and O–H groups in total. The van der Waals surface area contributed by atoms with Crippen molar-refractivity contribution >= 4 is 11.6 Å². The lowest BCUT2D eigenvalue weighted by molar-refractivity contribution is -0.135. The molecular weight excluding hydrogens is 362 g/mol. The van der Waals surface area contributed by atoms with Crippen molar-refractivity contribution in [2.75, 3.05) is 57.4 Å². The van der Waals surface area contributed by atoms with Crippen molar-refractivity contribution in [2.24, 2.45) is 5.92 Å². The van der Waals surface area contributed by atoms with E-state index >= 15 is 0 Å². The molecule has 1 amide bonds. The van der Waals surface area contributed by atoms with E-state index in [1.807, 2.05) is 4.90 Å². The van der Waals surface area contributed by atoms with Gasteiger partial charge in [-0.3, -0.25) is 9.69 Å². The second kappa shape index (κ2) is 9.94. The summed E-state index contributed by atoms with van der Waals surface area (Å²) in [6, 6.07) is 9.62. The molecule has 5 heteroatoms. The first-order valence-electron chi connectivity index (χ1n) is 11.6. The first-order chi connectivity index (χ1) is 14.2. The van der Waals surface area contributed by atoms with Gasteiger partial charge in [0.15, 0.2) is 0 Å². The van der Waals surface area contributed by atoms with Crippen LogP contribution >= 0.6 is 0 Å². The van der Waals surface area contributed by atoms with Crippen molar-refractivity contribution in [3.63, 3.8) is 0 Å². The molecule has 3 aliphatic heterocycles. The summed E-state index contributed by atoms with van der Waals surface area (Å²) in [5, 5.41) is 0. The van der Waals surface area contributed by atoms with Crippen LogP contribution in [0.1, 0.15) is 44.1 Å². The molecule has 5 nitrogen and oxygen atoms in total. The number of carbonyl (C=O) groups excluding carboxylic acids is 1. The van der Waals surface area contributed by atoms with Gasteiger partial charge in [-0.15, -0.1) is 0 Å². The van der Waals surface area contributed by atoms with Gasteiger partial charge in [-0.25, -0.2) is 0 Å². The molecule has 1 aromatic carbocycles. The monoisotopic (exact) mass is 399 g/mol. The van der Waals surface area contributed by atoms with E-state index in [9.17, 15) is 4.79 Å². The second-order valence-electron chi connectivity index (χ2n) is 9.09. The highest BCUT2D eigenvalue weighted by Crippen LogP contribution is 2.28. The van der Waals surface area contributed by atoms with E-state index in [0.717, 1.165) is 32.6 Å². The smallest absolute Gasteiger partial charge is 0.222 e. The summed E-state index contributed by atoms with van der Waals surface area (Å²) < 4.78 is 5.36. The Morgan fingerprint density at radius 1 is 1.07 bits per heavy atom. The van der Waals surface area contributed by atoms with Crippen LogP contribution in [0.5, 0.6) is 0 Å². The van der Waals surface area contributed by atoms with E-state index in [0.29, 0.717) is 37.5 Å². The van der Waals surface area contributed by atoms with E-state index in [1.54, 1.807) is 0 Å². The van der Waals surface area contributed by atoms with Crippen LogP contribution < -0.4 is 4.90 Å². The molecular formula is C24H37N3O2. The molecule has 3 aliphatic rings. The SMILES string of the molecule is Cc1cccc(N2CCC(N3CCCC(CCC(=O)N4CCOCC4)C3)CC2)c1. The molecule has 0 saturated carbocycles. The number of likely N-dealkylation sites (tertiary alicyclic amines) is 1. The lowest BCUT2D eigenvalue weighted by Gasteiger charge is -2.43. The average molecular weight is 400 g/mol. The number of amides is 1. The lowest BCUT2D eigenvalue weighted by Crippen LogP contribution is -2.48. The van der Waals surface area contributed by atoms with Gasteiger partial charge >= 0.3 is 0 Å². The van der Waals surface area contributed by atoms with E-state index in [4.69, 9.17) is 4.74 Å². The highest BCUT2D eigenvalue weighted by molar-refractivity contribution is 5.76. The molecule has 1 unspecified atom stereocenters.